The van der Waals surface area contributed by atoms with Gasteiger partial charge in [-0.15, -0.1) is 0 Å². The fraction of sp³-hybridized carbons (Fsp3) is 0.632. The summed E-state index contributed by atoms with van der Waals surface area (Å²) in [6, 6.07) is 5.50. The van der Waals surface area contributed by atoms with Gasteiger partial charge in [-0.3, -0.25) is 9.69 Å². The quantitative estimate of drug-likeness (QED) is 0.716. The van der Waals surface area contributed by atoms with E-state index in [1.54, 1.807) is 0 Å². The first-order chi connectivity index (χ1) is 13.4. The lowest BCUT2D eigenvalue weighted by Gasteiger charge is -2.31. The number of piperidine rings is 1. The van der Waals surface area contributed by atoms with Gasteiger partial charge in [-0.2, -0.15) is 0 Å². The minimum Gasteiger partial charge on any atom is -0.379 e. The van der Waals surface area contributed by atoms with E-state index in [9.17, 15) is 17.6 Å². The van der Waals surface area contributed by atoms with E-state index < -0.39 is 10.0 Å². The zero-order valence-corrected chi connectivity index (χ0v) is 16.8. The molecule has 2 saturated heterocycles. The van der Waals surface area contributed by atoms with Crippen LogP contribution in [-0.4, -0.2) is 76.0 Å². The number of ether oxygens (including phenoxy) is 1. The Balaban J connectivity index is 1.41. The van der Waals surface area contributed by atoms with Gasteiger partial charge in [0.05, 0.1) is 19.0 Å². The van der Waals surface area contributed by atoms with Crippen LogP contribution >= 0.6 is 0 Å². The molecule has 7 nitrogen and oxygen atoms in total. The van der Waals surface area contributed by atoms with Crippen LogP contribution in [0.15, 0.2) is 24.3 Å². The van der Waals surface area contributed by atoms with Crippen molar-refractivity contribution in [2.45, 2.75) is 18.6 Å². The second-order valence-corrected chi connectivity index (χ2v) is 9.27. The Labute approximate surface area is 165 Å². The lowest BCUT2D eigenvalue weighted by Crippen LogP contribution is -2.45. The summed E-state index contributed by atoms with van der Waals surface area (Å²) in [4.78, 5) is 14.6. The Hall–Kier alpha value is -1.55. The maximum Gasteiger partial charge on any atom is 0.223 e. The average molecular weight is 414 g/mol. The largest absolute Gasteiger partial charge is 0.379 e. The summed E-state index contributed by atoms with van der Waals surface area (Å²) in [6.07, 6.45) is 1.04. The summed E-state index contributed by atoms with van der Waals surface area (Å²) in [5, 5.41) is 2.97. The van der Waals surface area contributed by atoms with Gasteiger partial charge in [0.2, 0.25) is 15.9 Å². The van der Waals surface area contributed by atoms with Gasteiger partial charge in [0.25, 0.3) is 0 Å². The molecule has 2 fully saturated rings. The Morgan fingerprint density at radius 3 is 2.39 bits per heavy atom. The monoisotopic (exact) mass is 413 g/mol. The number of rotatable bonds is 7. The van der Waals surface area contributed by atoms with Crippen molar-refractivity contribution >= 4 is 15.9 Å². The molecule has 2 aliphatic rings. The first kappa shape index (κ1) is 21.2. The van der Waals surface area contributed by atoms with Crippen molar-refractivity contribution in [3.05, 3.63) is 35.6 Å². The van der Waals surface area contributed by atoms with Crippen LogP contribution < -0.4 is 5.32 Å². The number of morpholine rings is 1. The molecule has 1 aromatic rings. The third-order valence-electron chi connectivity index (χ3n) is 5.31. The lowest BCUT2D eigenvalue weighted by molar-refractivity contribution is -0.126. The van der Waals surface area contributed by atoms with Crippen molar-refractivity contribution in [2.24, 2.45) is 5.92 Å². The van der Waals surface area contributed by atoms with Crippen LogP contribution in [0.3, 0.4) is 0 Å². The maximum absolute atomic E-state index is 13.0. The van der Waals surface area contributed by atoms with Gasteiger partial charge in [-0.1, -0.05) is 12.1 Å². The topological polar surface area (TPSA) is 79.0 Å². The number of halogens is 1. The fourth-order valence-electron chi connectivity index (χ4n) is 3.59. The van der Waals surface area contributed by atoms with Crippen LogP contribution in [0.25, 0.3) is 0 Å². The molecule has 1 amide bonds. The molecular formula is C19H28FN3O4S. The Bertz CT molecular complexity index is 743. The van der Waals surface area contributed by atoms with Crippen molar-refractivity contribution < 1.29 is 22.3 Å². The predicted octanol–water partition coefficient (Wildman–Crippen LogP) is 0.816. The van der Waals surface area contributed by atoms with Crippen LogP contribution in [0.2, 0.25) is 0 Å². The molecule has 9 heteroatoms. The van der Waals surface area contributed by atoms with Crippen molar-refractivity contribution in [1.82, 2.24) is 14.5 Å². The van der Waals surface area contributed by atoms with E-state index in [0.29, 0.717) is 38.0 Å². The number of hydrogen-bond donors (Lipinski definition) is 1. The normalized spacial score (nSPS) is 20.2. The van der Waals surface area contributed by atoms with Crippen LogP contribution in [-0.2, 0) is 25.3 Å². The van der Waals surface area contributed by atoms with E-state index in [2.05, 4.69) is 10.2 Å². The van der Waals surface area contributed by atoms with E-state index in [1.165, 1.54) is 28.6 Å². The predicted molar refractivity (Wildman–Crippen MR) is 104 cm³/mol. The van der Waals surface area contributed by atoms with Crippen molar-refractivity contribution in [2.75, 3.05) is 52.5 Å². The molecule has 0 spiro atoms. The second kappa shape index (κ2) is 9.78. The van der Waals surface area contributed by atoms with Gasteiger partial charge in [0, 0.05) is 45.2 Å². The molecule has 156 valence electrons. The zero-order chi connectivity index (χ0) is 20.0. The second-order valence-electron chi connectivity index (χ2n) is 7.30. The molecule has 1 aromatic carbocycles. The number of nitrogens with one attached hydrogen (secondary N) is 1. The first-order valence-electron chi connectivity index (χ1n) is 9.74. The van der Waals surface area contributed by atoms with Crippen molar-refractivity contribution in [3.8, 4) is 0 Å². The molecular weight excluding hydrogens is 385 g/mol. The highest BCUT2D eigenvalue weighted by Crippen LogP contribution is 2.22. The third kappa shape index (κ3) is 5.97. The van der Waals surface area contributed by atoms with E-state index in [4.69, 9.17) is 4.74 Å². The fourth-order valence-corrected chi connectivity index (χ4v) is 5.15. The molecule has 0 aromatic heterocycles. The van der Waals surface area contributed by atoms with Gasteiger partial charge in [0.15, 0.2) is 0 Å². The number of nitrogens with zero attached hydrogens (tertiary/aromatic N) is 2. The summed E-state index contributed by atoms with van der Waals surface area (Å²) in [5.74, 6) is -0.684. The Kier molecular flexibility index (Phi) is 7.39. The summed E-state index contributed by atoms with van der Waals surface area (Å²) in [7, 11) is -3.47. The van der Waals surface area contributed by atoms with Crippen LogP contribution in [0.4, 0.5) is 4.39 Å². The maximum atomic E-state index is 13.0. The van der Waals surface area contributed by atoms with Crippen LogP contribution in [0.1, 0.15) is 18.4 Å². The van der Waals surface area contributed by atoms with E-state index >= 15 is 0 Å². The van der Waals surface area contributed by atoms with Gasteiger partial charge >= 0.3 is 0 Å². The number of carbonyl (C=O) groups excluding carboxylic acids is 1. The summed E-state index contributed by atoms with van der Waals surface area (Å²) < 4.78 is 44.9. The van der Waals surface area contributed by atoms with Crippen LogP contribution in [0.5, 0.6) is 0 Å². The number of sulfonamides is 1. The summed E-state index contributed by atoms with van der Waals surface area (Å²) >= 11 is 0. The SMILES string of the molecule is O=C(NCCN1CCOCC1)C1CCN(S(=O)(=O)Cc2ccc(F)cc2)CC1. The smallest absolute Gasteiger partial charge is 0.223 e. The van der Waals surface area contributed by atoms with Gasteiger partial charge in [0.1, 0.15) is 5.82 Å². The van der Waals surface area contributed by atoms with Crippen molar-refractivity contribution in [3.63, 3.8) is 0 Å². The summed E-state index contributed by atoms with van der Waals surface area (Å²) in [5.41, 5.74) is 0.560. The molecule has 2 aliphatic heterocycles. The molecule has 1 N–H and O–H groups in total. The third-order valence-corrected chi connectivity index (χ3v) is 7.16. The molecule has 2 heterocycles. The standard InChI is InChI=1S/C19H28FN3O4S/c20-18-3-1-16(2-4-18)15-28(25,26)23-8-5-17(6-9-23)19(24)21-7-10-22-11-13-27-14-12-22/h1-4,17H,5-15H2,(H,21,24). The van der Waals surface area contributed by atoms with Crippen LogP contribution in [0, 0.1) is 11.7 Å². The molecule has 0 unspecified atom stereocenters. The molecule has 0 saturated carbocycles. The minimum atomic E-state index is -3.47. The van der Waals surface area contributed by atoms with E-state index in [0.717, 1.165) is 32.8 Å². The number of benzene rings is 1. The molecule has 0 bridgehead atoms. The van der Waals surface area contributed by atoms with Crippen molar-refractivity contribution in [1.29, 1.82) is 0 Å². The molecule has 0 aliphatic carbocycles. The highest BCUT2D eigenvalue weighted by atomic mass is 32.2. The highest BCUT2D eigenvalue weighted by molar-refractivity contribution is 7.88. The zero-order valence-electron chi connectivity index (χ0n) is 16.0. The number of amides is 1. The molecule has 0 radical (unpaired) electrons. The molecule has 0 atom stereocenters. The summed E-state index contributed by atoms with van der Waals surface area (Å²) in [6.45, 7) is 5.33. The lowest BCUT2D eigenvalue weighted by atomic mass is 9.97. The highest BCUT2D eigenvalue weighted by Gasteiger charge is 2.31. The van der Waals surface area contributed by atoms with Gasteiger partial charge < -0.3 is 10.1 Å². The average Bonchev–Trinajstić information content (AvgIpc) is 2.70. The first-order valence-corrected chi connectivity index (χ1v) is 11.3. The molecule has 28 heavy (non-hydrogen) atoms. The van der Waals surface area contributed by atoms with Gasteiger partial charge in [-0.05, 0) is 30.5 Å². The Morgan fingerprint density at radius 1 is 1.11 bits per heavy atom. The minimum absolute atomic E-state index is 0.00356. The molecule has 3 rings (SSSR count). The van der Waals surface area contributed by atoms with E-state index in [-0.39, 0.29) is 23.4 Å². The number of carbonyl (C=O) groups is 1. The number of hydrogen-bond acceptors (Lipinski definition) is 5. The van der Waals surface area contributed by atoms with Gasteiger partial charge in [-0.25, -0.2) is 17.1 Å². The Morgan fingerprint density at radius 2 is 1.75 bits per heavy atom. The van der Waals surface area contributed by atoms with E-state index in [1.807, 2.05) is 0 Å².